The van der Waals surface area contributed by atoms with E-state index in [0.717, 1.165) is 11.2 Å². The summed E-state index contributed by atoms with van der Waals surface area (Å²) in [6, 6.07) is 2.00. The Morgan fingerprint density at radius 1 is 1.38 bits per heavy atom. The fraction of sp³-hybridized carbons (Fsp3) is 0.533. The lowest BCUT2D eigenvalue weighted by molar-refractivity contribution is -0.120. The third-order valence-electron chi connectivity index (χ3n) is 2.93. The van der Waals surface area contributed by atoms with E-state index in [1.165, 1.54) is 0 Å². The van der Waals surface area contributed by atoms with Gasteiger partial charge in [-0.2, -0.15) is 5.10 Å². The zero-order valence-corrected chi connectivity index (χ0v) is 13.3. The quantitative estimate of drug-likeness (QED) is 0.905. The van der Waals surface area contributed by atoms with Gasteiger partial charge in [-0.15, -0.1) is 0 Å². The highest BCUT2D eigenvalue weighted by Gasteiger charge is 2.14. The average Bonchev–Trinajstić information content (AvgIpc) is 2.78. The summed E-state index contributed by atoms with van der Waals surface area (Å²) in [5.74, 6) is 0.956. The molecule has 21 heavy (non-hydrogen) atoms. The Morgan fingerprint density at radius 2 is 2.10 bits per heavy atom. The molecular weight excluding hydrogens is 266 g/mol. The van der Waals surface area contributed by atoms with E-state index >= 15 is 0 Å². The molecule has 0 bridgehead atoms. The first-order valence-electron chi connectivity index (χ1n) is 7.15. The van der Waals surface area contributed by atoms with Crippen LogP contribution in [0.1, 0.15) is 46.2 Å². The van der Waals surface area contributed by atoms with Gasteiger partial charge in [0.1, 0.15) is 5.52 Å². The van der Waals surface area contributed by atoms with E-state index in [9.17, 15) is 4.79 Å². The minimum Gasteiger partial charge on any atom is -0.359 e. The van der Waals surface area contributed by atoms with Crippen LogP contribution in [0.4, 0.5) is 5.82 Å². The molecule has 0 saturated carbocycles. The van der Waals surface area contributed by atoms with Gasteiger partial charge in [0.05, 0.1) is 12.2 Å². The summed E-state index contributed by atoms with van der Waals surface area (Å²) in [5, 5.41) is 10.5. The van der Waals surface area contributed by atoms with Crippen molar-refractivity contribution < 1.29 is 4.79 Å². The molecule has 6 nitrogen and oxygen atoms in total. The van der Waals surface area contributed by atoms with Gasteiger partial charge in [0.25, 0.3) is 0 Å². The van der Waals surface area contributed by atoms with Crippen molar-refractivity contribution in [1.29, 1.82) is 0 Å². The SMILES string of the molecule is CC(C)c1cc2c(NCC(=O)NC(C)(C)C)nccn2n1. The van der Waals surface area contributed by atoms with Gasteiger partial charge >= 0.3 is 0 Å². The van der Waals surface area contributed by atoms with E-state index in [0.29, 0.717) is 11.7 Å². The number of rotatable bonds is 4. The number of carbonyl (C=O) groups is 1. The van der Waals surface area contributed by atoms with Crippen molar-refractivity contribution in [2.75, 3.05) is 11.9 Å². The van der Waals surface area contributed by atoms with Gasteiger partial charge < -0.3 is 10.6 Å². The molecule has 2 heterocycles. The Kier molecular flexibility index (Phi) is 4.16. The Balaban J connectivity index is 2.13. The summed E-state index contributed by atoms with van der Waals surface area (Å²) in [6.45, 7) is 10.2. The molecule has 2 N–H and O–H groups in total. The first-order chi connectivity index (χ1) is 9.76. The highest BCUT2D eigenvalue weighted by Crippen LogP contribution is 2.19. The molecular formula is C15H23N5O. The van der Waals surface area contributed by atoms with Crippen LogP contribution in [0.3, 0.4) is 0 Å². The number of nitrogens with one attached hydrogen (secondary N) is 2. The maximum Gasteiger partial charge on any atom is 0.239 e. The maximum atomic E-state index is 11.9. The van der Waals surface area contributed by atoms with Crippen LogP contribution in [0, 0.1) is 0 Å². The second kappa shape index (κ2) is 5.71. The highest BCUT2D eigenvalue weighted by atomic mass is 16.2. The molecule has 0 saturated heterocycles. The Labute approximate surface area is 125 Å². The third kappa shape index (κ3) is 3.93. The first-order valence-corrected chi connectivity index (χ1v) is 7.15. The summed E-state index contributed by atoms with van der Waals surface area (Å²) < 4.78 is 1.78. The predicted octanol–water partition coefficient (Wildman–Crippen LogP) is 2.18. The van der Waals surface area contributed by atoms with Gasteiger partial charge in [0.15, 0.2) is 5.82 Å². The molecule has 0 fully saturated rings. The van der Waals surface area contributed by atoms with E-state index in [-0.39, 0.29) is 18.0 Å². The van der Waals surface area contributed by atoms with Crippen molar-refractivity contribution in [2.45, 2.75) is 46.1 Å². The van der Waals surface area contributed by atoms with Crippen molar-refractivity contribution in [3.63, 3.8) is 0 Å². The van der Waals surface area contributed by atoms with Crippen molar-refractivity contribution in [3.8, 4) is 0 Å². The van der Waals surface area contributed by atoms with Gasteiger partial charge in [-0.25, -0.2) is 9.50 Å². The minimum absolute atomic E-state index is 0.0603. The largest absolute Gasteiger partial charge is 0.359 e. The Bertz CT molecular complexity index is 639. The van der Waals surface area contributed by atoms with Gasteiger partial charge in [0.2, 0.25) is 5.91 Å². The average molecular weight is 289 g/mol. The molecule has 0 atom stereocenters. The van der Waals surface area contributed by atoms with Crippen LogP contribution in [0.15, 0.2) is 18.5 Å². The summed E-state index contributed by atoms with van der Waals surface area (Å²) in [7, 11) is 0. The van der Waals surface area contributed by atoms with Crippen LogP contribution < -0.4 is 10.6 Å². The van der Waals surface area contributed by atoms with Crippen molar-refractivity contribution in [1.82, 2.24) is 19.9 Å². The minimum atomic E-state index is -0.236. The smallest absolute Gasteiger partial charge is 0.239 e. The fourth-order valence-electron chi connectivity index (χ4n) is 1.99. The number of hydrogen-bond acceptors (Lipinski definition) is 4. The van der Waals surface area contributed by atoms with Gasteiger partial charge in [-0.1, -0.05) is 13.8 Å². The Hall–Kier alpha value is -2.11. The lowest BCUT2D eigenvalue weighted by Gasteiger charge is -2.20. The van der Waals surface area contributed by atoms with Gasteiger partial charge in [-0.3, -0.25) is 4.79 Å². The van der Waals surface area contributed by atoms with Crippen molar-refractivity contribution >= 4 is 17.2 Å². The van der Waals surface area contributed by atoms with Crippen LogP contribution in [0.25, 0.3) is 5.52 Å². The van der Waals surface area contributed by atoms with Crippen LogP contribution in [0.2, 0.25) is 0 Å². The molecule has 6 heteroatoms. The number of nitrogens with zero attached hydrogens (tertiary/aromatic N) is 3. The van der Waals surface area contributed by atoms with E-state index in [1.54, 1.807) is 10.7 Å². The van der Waals surface area contributed by atoms with E-state index in [1.807, 2.05) is 33.0 Å². The molecule has 0 aliphatic heterocycles. The molecule has 0 spiro atoms. The van der Waals surface area contributed by atoms with Crippen LogP contribution in [-0.2, 0) is 4.79 Å². The number of anilines is 1. The highest BCUT2D eigenvalue weighted by molar-refractivity contribution is 5.82. The summed E-state index contributed by atoms with van der Waals surface area (Å²) in [4.78, 5) is 16.2. The summed E-state index contributed by atoms with van der Waals surface area (Å²) >= 11 is 0. The lowest BCUT2D eigenvalue weighted by atomic mass is 10.1. The van der Waals surface area contributed by atoms with E-state index < -0.39 is 0 Å². The van der Waals surface area contributed by atoms with Crippen LogP contribution >= 0.6 is 0 Å². The standard InChI is InChI=1S/C15H23N5O/c1-10(2)11-8-12-14(16-6-7-20(12)19-11)17-9-13(21)18-15(3,4)5/h6-8,10H,9H2,1-5H3,(H,16,17)(H,18,21). The molecule has 0 aliphatic carbocycles. The molecule has 2 rings (SSSR count). The molecule has 114 valence electrons. The first kappa shape index (κ1) is 15.3. The molecule has 0 aromatic carbocycles. The summed E-state index contributed by atoms with van der Waals surface area (Å²) in [5.41, 5.74) is 1.65. The number of aromatic nitrogens is 3. The number of hydrogen-bond donors (Lipinski definition) is 2. The normalized spacial score (nSPS) is 11.9. The molecule has 0 unspecified atom stereocenters. The third-order valence-corrected chi connectivity index (χ3v) is 2.93. The number of amides is 1. The zero-order valence-electron chi connectivity index (χ0n) is 13.3. The predicted molar refractivity (Wildman–Crippen MR) is 83.5 cm³/mol. The fourth-order valence-corrected chi connectivity index (χ4v) is 1.99. The van der Waals surface area contributed by atoms with Crippen LogP contribution in [-0.4, -0.2) is 32.6 Å². The second-order valence-corrected chi connectivity index (χ2v) is 6.48. The zero-order chi connectivity index (χ0) is 15.6. The Morgan fingerprint density at radius 3 is 2.71 bits per heavy atom. The molecule has 0 aliphatic rings. The monoisotopic (exact) mass is 289 g/mol. The molecule has 1 amide bonds. The number of carbonyl (C=O) groups excluding carboxylic acids is 1. The van der Waals surface area contributed by atoms with Gasteiger partial charge in [0, 0.05) is 17.9 Å². The van der Waals surface area contributed by atoms with Crippen molar-refractivity contribution in [2.24, 2.45) is 0 Å². The molecule has 2 aromatic heterocycles. The van der Waals surface area contributed by atoms with E-state index in [4.69, 9.17) is 0 Å². The van der Waals surface area contributed by atoms with E-state index in [2.05, 4.69) is 34.6 Å². The number of fused-ring (bicyclic) bond motifs is 1. The molecule has 2 aromatic rings. The summed E-state index contributed by atoms with van der Waals surface area (Å²) in [6.07, 6.45) is 3.48. The lowest BCUT2D eigenvalue weighted by Crippen LogP contribution is -2.43. The molecule has 0 radical (unpaired) electrons. The van der Waals surface area contributed by atoms with Gasteiger partial charge in [-0.05, 0) is 32.8 Å². The maximum absolute atomic E-state index is 11.9. The second-order valence-electron chi connectivity index (χ2n) is 6.48. The topological polar surface area (TPSA) is 71.3 Å². The van der Waals surface area contributed by atoms with Crippen LogP contribution in [0.5, 0.6) is 0 Å². The van der Waals surface area contributed by atoms with Crippen molar-refractivity contribution in [3.05, 3.63) is 24.2 Å².